The molecule has 0 fully saturated rings. The van der Waals surface area contributed by atoms with Crippen LogP contribution in [0.25, 0.3) is 0 Å². The first kappa shape index (κ1) is 16.0. The summed E-state index contributed by atoms with van der Waals surface area (Å²) < 4.78 is 5.19. The van der Waals surface area contributed by atoms with Gasteiger partial charge in [-0.25, -0.2) is 4.98 Å². The predicted molar refractivity (Wildman–Crippen MR) is 87.5 cm³/mol. The van der Waals surface area contributed by atoms with Gasteiger partial charge < -0.3 is 15.0 Å². The van der Waals surface area contributed by atoms with Gasteiger partial charge in [0, 0.05) is 18.2 Å². The van der Waals surface area contributed by atoms with E-state index in [4.69, 9.17) is 27.9 Å². The smallest absolute Gasteiger partial charge is 0.152 e. The highest BCUT2D eigenvalue weighted by Gasteiger charge is 2.08. The number of unbranched alkanes of at least 4 members (excludes halogenated alkanes) is 1. The molecule has 2 N–H and O–H groups in total. The van der Waals surface area contributed by atoms with E-state index in [0.29, 0.717) is 22.5 Å². The number of hydrogen-bond donors (Lipinski definition) is 2. The summed E-state index contributed by atoms with van der Waals surface area (Å²) >= 11 is 12.1. The van der Waals surface area contributed by atoms with E-state index in [-0.39, 0.29) is 0 Å². The maximum Gasteiger partial charge on any atom is 0.152 e. The van der Waals surface area contributed by atoms with Crippen LogP contribution in [0.15, 0.2) is 18.2 Å². The van der Waals surface area contributed by atoms with Gasteiger partial charge in [0.2, 0.25) is 0 Å². The van der Waals surface area contributed by atoms with E-state index in [1.807, 2.05) is 12.1 Å². The second-order valence-corrected chi connectivity index (χ2v) is 5.52. The summed E-state index contributed by atoms with van der Waals surface area (Å²) in [6, 6.07) is 5.54. The highest BCUT2D eigenvalue weighted by molar-refractivity contribution is 6.32. The quantitative estimate of drug-likeness (QED) is 0.776. The SMILES string of the molecule is CCCCc1nc(Cl)c(CNc2ccc(Cl)c(OC)c2)[nH]1. The lowest BCUT2D eigenvalue weighted by Crippen LogP contribution is -2.01. The molecule has 0 aliphatic rings. The number of aromatic nitrogens is 2. The van der Waals surface area contributed by atoms with Crippen LogP contribution in [0.2, 0.25) is 10.2 Å². The highest BCUT2D eigenvalue weighted by atomic mass is 35.5. The number of hydrogen-bond acceptors (Lipinski definition) is 3. The summed E-state index contributed by atoms with van der Waals surface area (Å²) in [7, 11) is 1.59. The van der Waals surface area contributed by atoms with Crippen molar-refractivity contribution in [3.8, 4) is 5.75 Å². The van der Waals surface area contributed by atoms with Crippen LogP contribution in [0, 0.1) is 0 Å². The van der Waals surface area contributed by atoms with E-state index < -0.39 is 0 Å². The molecule has 0 saturated carbocycles. The number of ether oxygens (including phenoxy) is 1. The van der Waals surface area contributed by atoms with Crippen LogP contribution in [0.4, 0.5) is 5.69 Å². The van der Waals surface area contributed by atoms with Crippen LogP contribution in [-0.2, 0) is 13.0 Å². The van der Waals surface area contributed by atoms with E-state index >= 15 is 0 Å². The third kappa shape index (κ3) is 4.29. The van der Waals surface area contributed by atoms with Gasteiger partial charge in [0.25, 0.3) is 0 Å². The zero-order chi connectivity index (χ0) is 15.2. The molecule has 0 saturated heterocycles. The minimum absolute atomic E-state index is 0.523. The first-order valence-electron chi connectivity index (χ1n) is 6.94. The summed E-state index contributed by atoms with van der Waals surface area (Å²) in [4.78, 5) is 7.60. The van der Waals surface area contributed by atoms with Crippen molar-refractivity contribution in [3.63, 3.8) is 0 Å². The standard InChI is InChI=1S/C15H19Cl2N3O/c1-3-4-5-14-19-12(15(17)20-14)9-18-10-6-7-11(16)13(8-10)21-2/h6-8,18H,3-5,9H2,1-2H3,(H,19,20). The molecule has 0 unspecified atom stereocenters. The topological polar surface area (TPSA) is 49.9 Å². The molecule has 0 atom stereocenters. The van der Waals surface area contributed by atoms with Gasteiger partial charge in [-0.05, 0) is 18.6 Å². The second kappa shape index (κ2) is 7.57. The molecule has 0 amide bonds. The van der Waals surface area contributed by atoms with Crippen LogP contribution < -0.4 is 10.1 Å². The number of methoxy groups -OCH3 is 1. The summed E-state index contributed by atoms with van der Waals surface area (Å²) in [6.45, 7) is 2.73. The number of rotatable bonds is 7. The number of H-pyrrole nitrogens is 1. The Morgan fingerprint density at radius 1 is 1.33 bits per heavy atom. The molecule has 4 nitrogen and oxygen atoms in total. The van der Waals surface area contributed by atoms with Crippen molar-refractivity contribution in [1.29, 1.82) is 0 Å². The molecule has 0 bridgehead atoms. The first-order valence-corrected chi connectivity index (χ1v) is 7.70. The van der Waals surface area contributed by atoms with Gasteiger partial charge in [-0.2, -0.15) is 0 Å². The normalized spacial score (nSPS) is 10.7. The molecule has 1 aromatic carbocycles. The van der Waals surface area contributed by atoms with Crippen LogP contribution in [0.3, 0.4) is 0 Å². The van der Waals surface area contributed by atoms with E-state index in [0.717, 1.165) is 36.5 Å². The van der Waals surface area contributed by atoms with E-state index in [2.05, 4.69) is 22.2 Å². The number of nitrogens with zero attached hydrogens (tertiary/aromatic N) is 1. The lowest BCUT2D eigenvalue weighted by atomic mass is 10.2. The van der Waals surface area contributed by atoms with Crippen LogP contribution in [-0.4, -0.2) is 17.1 Å². The van der Waals surface area contributed by atoms with Gasteiger partial charge in [0.1, 0.15) is 11.6 Å². The highest BCUT2D eigenvalue weighted by Crippen LogP contribution is 2.27. The largest absolute Gasteiger partial charge is 0.495 e. The Morgan fingerprint density at radius 2 is 2.14 bits per heavy atom. The van der Waals surface area contributed by atoms with E-state index in [1.54, 1.807) is 13.2 Å². The fourth-order valence-corrected chi connectivity index (χ4v) is 2.39. The van der Waals surface area contributed by atoms with Crippen molar-refractivity contribution in [2.45, 2.75) is 32.7 Å². The monoisotopic (exact) mass is 327 g/mol. The van der Waals surface area contributed by atoms with Crippen molar-refractivity contribution >= 4 is 28.9 Å². The van der Waals surface area contributed by atoms with E-state index in [1.165, 1.54) is 0 Å². The molecule has 21 heavy (non-hydrogen) atoms. The van der Waals surface area contributed by atoms with Crippen molar-refractivity contribution < 1.29 is 4.74 Å². The first-order chi connectivity index (χ1) is 10.1. The molecule has 0 spiro atoms. The summed E-state index contributed by atoms with van der Waals surface area (Å²) in [5.41, 5.74) is 1.80. The lowest BCUT2D eigenvalue weighted by Gasteiger charge is -2.08. The Kier molecular flexibility index (Phi) is 5.76. The van der Waals surface area contributed by atoms with Gasteiger partial charge in [0.15, 0.2) is 5.15 Å². The van der Waals surface area contributed by atoms with Gasteiger partial charge >= 0.3 is 0 Å². The number of halogens is 2. The number of imidazole rings is 1. The van der Waals surface area contributed by atoms with Crippen molar-refractivity contribution in [2.75, 3.05) is 12.4 Å². The molecule has 2 rings (SSSR count). The van der Waals surface area contributed by atoms with Gasteiger partial charge in [0.05, 0.1) is 24.4 Å². The molecule has 1 heterocycles. The summed E-state index contributed by atoms with van der Waals surface area (Å²) in [6.07, 6.45) is 3.16. The Labute approximate surface area is 134 Å². The molecular formula is C15H19Cl2N3O. The summed E-state index contributed by atoms with van der Waals surface area (Å²) in [5, 5.41) is 4.39. The average Bonchev–Trinajstić information content (AvgIpc) is 2.84. The zero-order valence-corrected chi connectivity index (χ0v) is 13.7. The van der Waals surface area contributed by atoms with Crippen LogP contribution >= 0.6 is 23.2 Å². The lowest BCUT2D eigenvalue weighted by molar-refractivity contribution is 0.415. The molecule has 0 aliphatic carbocycles. The fourth-order valence-electron chi connectivity index (χ4n) is 1.98. The third-order valence-corrected chi connectivity index (χ3v) is 3.79. The maximum absolute atomic E-state index is 6.15. The number of benzene rings is 1. The number of aryl methyl sites for hydroxylation is 1. The third-order valence-electron chi connectivity index (χ3n) is 3.16. The average molecular weight is 328 g/mol. The maximum atomic E-state index is 6.15. The number of anilines is 1. The van der Waals surface area contributed by atoms with Crippen molar-refractivity contribution in [3.05, 3.63) is 39.9 Å². The Morgan fingerprint density at radius 3 is 2.86 bits per heavy atom. The Balaban J connectivity index is 2.01. The van der Waals surface area contributed by atoms with Crippen molar-refractivity contribution in [1.82, 2.24) is 9.97 Å². The molecule has 1 aromatic heterocycles. The van der Waals surface area contributed by atoms with Crippen molar-refractivity contribution in [2.24, 2.45) is 0 Å². The molecule has 0 aliphatic heterocycles. The number of nitrogens with one attached hydrogen (secondary N) is 2. The minimum atomic E-state index is 0.523. The molecule has 2 aromatic rings. The van der Waals surface area contributed by atoms with Gasteiger partial charge in [-0.15, -0.1) is 0 Å². The molecule has 0 radical (unpaired) electrons. The molecule has 114 valence electrons. The Hall–Kier alpha value is -1.39. The minimum Gasteiger partial charge on any atom is -0.495 e. The van der Waals surface area contributed by atoms with Crippen LogP contribution in [0.1, 0.15) is 31.3 Å². The van der Waals surface area contributed by atoms with E-state index in [9.17, 15) is 0 Å². The molecule has 6 heteroatoms. The fraction of sp³-hybridized carbons (Fsp3) is 0.400. The Bertz CT molecular complexity index is 599. The second-order valence-electron chi connectivity index (χ2n) is 4.76. The zero-order valence-electron chi connectivity index (χ0n) is 12.2. The number of aromatic amines is 1. The van der Waals surface area contributed by atoms with Gasteiger partial charge in [-0.3, -0.25) is 0 Å². The van der Waals surface area contributed by atoms with Crippen LogP contribution in [0.5, 0.6) is 5.75 Å². The van der Waals surface area contributed by atoms with Gasteiger partial charge in [-0.1, -0.05) is 36.5 Å². The predicted octanol–water partition coefficient (Wildman–Crippen LogP) is 4.68. The summed E-state index contributed by atoms with van der Waals surface area (Å²) in [5.74, 6) is 1.58. The molecular weight excluding hydrogens is 309 g/mol.